The highest BCUT2D eigenvalue weighted by molar-refractivity contribution is 5.94. The minimum atomic E-state index is 0.0503. The van der Waals surface area contributed by atoms with E-state index in [2.05, 4.69) is 5.32 Å². The molecule has 0 aliphatic carbocycles. The Balaban J connectivity index is 2.19. The molecule has 1 aliphatic rings. The van der Waals surface area contributed by atoms with Crippen LogP contribution in [0.25, 0.3) is 0 Å². The first-order chi connectivity index (χ1) is 8.63. The Kier molecular flexibility index (Phi) is 3.87. The summed E-state index contributed by atoms with van der Waals surface area (Å²) in [5.41, 5.74) is 1.39. The van der Waals surface area contributed by atoms with Crippen molar-refractivity contribution >= 4 is 5.91 Å². The molecule has 98 valence electrons. The van der Waals surface area contributed by atoms with Crippen LogP contribution in [0.1, 0.15) is 29.3 Å². The summed E-state index contributed by atoms with van der Waals surface area (Å²) in [6, 6.07) is 5.32. The van der Waals surface area contributed by atoms with Gasteiger partial charge in [0.2, 0.25) is 0 Å². The molecule has 2 rings (SSSR count). The Hall–Kier alpha value is -1.55. The van der Waals surface area contributed by atoms with E-state index < -0.39 is 0 Å². The van der Waals surface area contributed by atoms with Gasteiger partial charge in [-0.1, -0.05) is 0 Å². The lowest BCUT2D eigenvalue weighted by Crippen LogP contribution is -2.41. The van der Waals surface area contributed by atoms with Crippen LogP contribution >= 0.6 is 0 Å². The number of carbonyl (C=O) groups is 1. The van der Waals surface area contributed by atoms with E-state index in [-0.39, 0.29) is 17.7 Å². The predicted molar refractivity (Wildman–Crippen MR) is 70.8 cm³/mol. The fourth-order valence-electron chi connectivity index (χ4n) is 2.43. The Bertz CT molecular complexity index is 439. The second kappa shape index (κ2) is 5.40. The zero-order valence-electron chi connectivity index (χ0n) is 10.9. The maximum Gasteiger partial charge on any atom is 0.254 e. The number of benzene rings is 1. The monoisotopic (exact) mass is 248 g/mol. The quantitative estimate of drug-likeness (QED) is 0.853. The Morgan fingerprint density at radius 1 is 1.56 bits per heavy atom. The summed E-state index contributed by atoms with van der Waals surface area (Å²) in [4.78, 5) is 14.4. The lowest BCUT2D eigenvalue weighted by molar-refractivity contribution is 0.0703. The number of carbonyl (C=O) groups excluding carboxylic acids is 1. The Labute approximate surface area is 108 Å². The number of hydrogen-bond acceptors (Lipinski definition) is 3. The van der Waals surface area contributed by atoms with Gasteiger partial charge in [-0.25, -0.2) is 0 Å². The van der Waals surface area contributed by atoms with Crippen molar-refractivity contribution in [2.45, 2.75) is 26.3 Å². The summed E-state index contributed by atoms with van der Waals surface area (Å²) >= 11 is 0. The van der Waals surface area contributed by atoms with E-state index in [0.29, 0.717) is 12.1 Å². The highest BCUT2D eigenvalue weighted by atomic mass is 16.3. The molecule has 0 spiro atoms. The standard InChI is InChI=1S/C14H20N2O2/c1-3-16(12-6-7-15-9-12)14(18)11-4-5-13(17)10(2)8-11/h4-5,8,12,15,17H,3,6-7,9H2,1-2H3. The average Bonchev–Trinajstić information content (AvgIpc) is 2.87. The molecule has 1 amide bonds. The molecule has 4 nitrogen and oxygen atoms in total. The second-order valence-electron chi connectivity index (χ2n) is 4.74. The number of phenols is 1. The summed E-state index contributed by atoms with van der Waals surface area (Å²) in [5.74, 6) is 0.284. The summed E-state index contributed by atoms with van der Waals surface area (Å²) in [6.07, 6.45) is 1.01. The molecule has 1 aromatic rings. The number of hydrogen-bond donors (Lipinski definition) is 2. The molecule has 1 aliphatic heterocycles. The lowest BCUT2D eigenvalue weighted by atomic mass is 10.1. The van der Waals surface area contributed by atoms with Crippen LogP contribution in [0.5, 0.6) is 5.75 Å². The molecular weight excluding hydrogens is 228 g/mol. The van der Waals surface area contributed by atoms with Crippen LogP contribution in [0.4, 0.5) is 0 Å². The molecule has 4 heteroatoms. The van der Waals surface area contributed by atoms with Gasteiger partial charge in [0.1, 0.15) is 5.75 Å². The van der Waals surface area contributed by atoms with Crippen molar-refractivity contribution in [3.05, 3.63) is 29.3 Å². The molecule has 1 saturated heterocycles. The Morgan fingerprint density at radius 3 is 2.89 bits per heavy atom. The van der Waals surface area contributed by atoms with Crippen molar-refractivity contribution in [1.82, 2.24) is 10.2 Å². The SMILES string of the molecule is CCN(C(=O)c1ccc(O)c(C)c1)C1CCNC1. The van der Waals surface area contributed by atoms with Gasteiger partial charge in [-0.2, -0.15) is 0 Å². The summed E-state index contributed by atoms with van der Waals surface area (Å²) < 4.78 is 0. The maximum absolute atomic E-state index is 12.4. The first-order valence-corrected chi connectivity index (χ1v) is 6.44. The molecule has 0 saturated carbocycles. The first-order valence-electron chi connectivity index (χ1n) is 6.44. The molecule has 1 heterocycles. The molecule has 1 aromatic carbocycles. The third-order valence-electron chi connectivity index (χ3n) is 3.52. The van der Waals surface area contributed by atoms with Crippen LogP contribution in [0.2, 0.25) is 0 Å². The van der Waals surface area contributed by atoms with Gasteiger partial charge >= 0.3 is 0 Å². The van der Waals surface area contributed by atoms with Crippen molar-refractivity contribution < 1.29 is 9.90 Å². The van der Waals surface area contributed by atoms with Crippen LogP contribution in [0, 0.1) is 6.92 Å². The highest BCUT2D eigenvalue weighted by Crippen LogP contribution is 2.19. The van der Waals surface area contributed by atoms with Crippen molar-refractivity contribution in [3.63, 3.8) is 0 Å². The third kappa shape index (κ3) is 2.48. The zero-order chi connectivity index (χ0) is 13.1. The molecule has 2 N–H and O–H groups in total. The van der Waals surface area contributed by atoms with Gasteiger partial charge in [-0.15, -0.1) is 0 Å². The van der Waals surface area contributed by atoms with Crippen LogP contribution in [-0.4, -0.2) is 41.6 Å². The van der Waals surface area contributed by atoms with Crippen LogP contribution in [-0.2, 0) is 0 Å². The van der Waals surface area contributed by atoms with Crippen LogP contribution < -0.4 is 5.32 Å². The normalized spacial score (nSPS) is 18.9. The summed E-state index contributed by atoms with van der Waals surface area (Å²) in [6.45, 7) is 6.37. The van der Waals surface area contributed by atoms with Gasteiger partial charge in [0.05, 0.1) is 0 Å². The maximum atomic E-state index is 12.4. The lowest BCUT2D eigenvalue weighted by Gasteiger charge is -2.27. The molecule has 1 unspecified atom stereocenters. The molecule has 1 atom stereocenters. The van der Waals surface area contributed by atoms with Crippen LogP contribution in [0.3, 0.4) is 0 Å². The minimum Gasteiger partial charge on any atom is -0.508 e. The van der Waals surface area contributed by atoms with E-state index in [1.807, 2.05) is 11.8 Å². The van der Waals surface area contributed by atoms with Crippen molar-refractivity contribution in [1.29, 1.82) is 0 Å². The van der Waals surface area contributed by atoms with Crippen LogP contribution in [0.15, 0.2) is 18.2 Å². The van der Waals surface area contributed by atoms with E-state index in [1.165, 1.54) is 0 Å². The fraction of sp³-hybridized carbons (Fsp3) is 0.500. The first kappa shape index (κ1) is 12.9. The number of amides is 1. The van der Waals surface area contributed by atoms with E-state index in [9.17, 15) is 9.90 Å². The van der Waals surface area contributed by atoms with Gasteiger partial charge in [0.25, 0.3) is 5.91 Å². The largest absolute Gasteiger partial charge is 0.508 e. The number of phenolic OH excluding ortho intramolecular Hbond substituents is 1. The second-order valence-corrected chi connectivity index (χ2v) is 4.74. The zero-order valence-corrected chi connectivity index (χ0v) is 10.9. The van der Waals surface area contributed by atoms with Gasteiger partial charge < -0.3 is 15.3 Å². The number of nitrogens with one attached hydrogen (secondary N) is 1. The summed E-state index contributed by atoms with van der Waals surface area (Å²) in [5, 5.41) is 12.8. The minimum absolute atomic E-state index is 0.0503. The summed E-state index contributed by atoms with van der Waals surface area (Å²) in [7, 11) is 0. The fourth-order valence-corrected chi connectivity index (χ4v) is 2.43. The topological polar surface area (TPSA) is 52.6 Å². The molecule has 18 heavy (non-hydrogen) atoms. The molecule has 0 aromatic heterocycles. The van der Waals surface area contributed by atoms with Gasteiger partial charge in [0, 0.05) is 24.7 Å². The smallest absolute Gasteiger partial charge is 0.254 e. The van der Waals surface area contributed by atoms with Crippen molar-refractivity contribution in [2.75, 3.05) is 19.6 Å². The predicted octanol–water partition coefficient (Wildman–Crippen LogP) is 1.52. The number of aryl methyl sites for hydroxylation is 1. The van der Waals surface area contributed by atoms with E-state index >= 15 is 0 Å². The molecule has 1 fully saturated rings. The molecule has 0 bridgehead atoms. The van der Waals surface area contributed by atoms with Gasteiger partial charge in [-0.3, -0.25) is 4.79 Å². The number of likely N-dealkylation sites (N-methyl/N-ethyl adjacent to an activating group) is 1. The van der Waals surface area contributed by atoms with Crippen molar-refractivity contribution in [2.24, 2.45) is 0 Å². The van der Waals surface area contributed by atoms with Gasteiger partial charge in [-0.05, 0) is 50.6 Å². The Morgan fingerprint density at radius 2 is 2.33 bits per heavy atom. The van der Waals surface area contributed by atoms with Crippen molar-refractivity contribution in [3.8, 4) is 5.75 Å². The number of nitrogens with zero attached hydrogens (tertiary/aromatic N) is 1. The molecular formula is C14H20N2O2. The highest BCUT2D eigenvalue weighted by Gasteiger charge is 2.26. The number of aromatic hydroxyl groups is 1. The molecule has 0 radical (unpaired) electrons. The van der Waals surface area contributed by atoms with Gasteiger partial charge in [0.15, 0.2) is 0 Å². The average molecular weight is 248 g/mol. The number of rotatable bonds is 3. The third-order valence-corrected chi connectivity index (χ3v) is 3.52. The van der Waals surface area contributed by atoms with E-state index in [1.54, 1.807) is 25.1 Å². The van der Waals surface area contributed by atoms with E-state index in [0.717, 1.165) is 25.1 Å². The van der Waals surface area contributed by atoms with E-state index in [4.69, 9.17) is 0 Å².